The van der Waals surface area contributed by atoms with E-state index >= 15 is 0 Å². The number of aryl methyl sites for hydroxylation is 1. The van der Waals surface area contributed by atoms with Crippen molar-refractivity contribution in [3.8, 4) is 6.07 Å². The number of hydrogen-bond acceptors (Lipinski definition) is 4. The van der Waals surface area contributed by atoms with Crippen LogP contribution in [0.2, 0.25) is 0 Å². The quantitative estimate of drug-likeness (QED) is 0.774. The molecule has 0 spiro atoms. The Balaban J connectivity index is 1.94. The number of rotatable bonds is 2. The maximum atomic E-state index is 12.2. The van der Waals surface area contributed by atoms with Crippen molar-refractivity contribution in [2.24, 2.45) is 11.3 Å². The van der Waals surface area contributed by atoms with Crippen molar-refractivity contribution in [2.75, 3.05) is 0 Å². The SMILES string of the molecule is Cc1nc(C(=O)OC2CCC(C(C)(C)C)CC2)ccc1C#N. The summed E-state index contributed by atoms with van der Waals surface area (Å²) in [4.78, 5) is 16.3. The highest BCUT2D eigenvalue weighted by Gasteiger charge is 2.31. The molecule has 0 N–H and O–H groups in total. The fourth-order valence-corrected chi connectivity index (χ4v) is 3.05. The molecule has 0 radical (unpaired) electrons. The van der Waals surface area contributed by atoms with E-state index in [-0.39, 0.29) is 17.8 Å². The van der Waals surface area contributed by atoms with Crippen LogP contribution >= 0.6 is 0 Å². The Hall–Kier alpha value is -1.89. The largest absolute Gasteiger partial charge is 0.458 e. The summed E-state index contributed by atoms with van der Waals surface area (Å²) in [6.07, 6.45) is 4.03. The molecule has 0 bridgehead atoms. The molecule has 0 saturated heterocycles. The minimum absolute atomic E-state index is 0.0103. The highest BCUT2D eigenvalue weighted by Crippen LogP contribution is 2.38. The standard InChI is InChI=1S/C18H24N2O2/c1-12-13(11-19)5-10-16(20-12)17(21)22-15-8-6-14(7-9-15)18(2,3)4/h5,10,14-15H,6-9H2,1-4H3. The second-order valence-electron chi connectivity index (χ2n) is 7.19. The predicted molar refractivity (Wildman–Crippen MR) is 84.3 cm³/mol. The van der Waals surface area contributed by atoms with Crippen LogP contribution in [0.3, 0.4) is 0 Å². The van der Waals surface area contributed by atoms with Crippen molar-refractivity contribution < 1.29 is 9.53 Å². The normalized spacial score (nSPS) is 22.0. The number of ether oxygens (including phenoxy) is 1. The number of nitrogens with zero attached hydrogens (tertiary/aromatic N) is 2. The molecular formula is C18H24N2O2. The minimum Gasteiger partial charge on any atom is -0.458 e. The number of carbonyl (C=O) groups is 1. The fraction of sp³-hybridized carbons (Fsp3) is 0.611. The summed E-state index contributed by atoms with van der Waals surface area (Å²) in [6, 6.07) is 5.23. The number of pyridine rings is 1. The molecule has 1 heterocycles. The number of aromatic nitrogens is 1. The Labute approximate surface area is 132 Å². The van der Waals surface area contributed by atoms with Crippen LogP contribution in [-0.4, -0.2) is 17.1 Å². The van der Waals surface area contributed by atoms with Crippen LogP contribution in [0.1, 0.15) is 68.2 Å². The molecule has 118 valence electrons. The van der Waals surface area contributed by atoms with E-state index in [0.717, 1.165) is 25.7 Å². The number of hydrogen-bond donors (Lipinski definition) is 0. The van der Waals surface area contributed by atoms with Crippen LogP contribution in [0.25, 0.3) is 0 Å². The van der Waals surface area contributed by atoms with Gasteiger partial charge >= 0.3 is 5.97 Å². The Bertz CT molecular complexity index is 588. The molecule has 1 fully saturated rings. The zero-order valence-electron chi connectivity index (χ0n) is 13.8. The maximum absolute atomic E-state index is 12.2. The van der Waals surface area contributed by atoms with Crippen molar-refractivity contribution in [1.29, 1.82) is 5.26 Å². The molecule has 1 aliphatic rings. The molecule has 0 aliphatic heterocycles. The van der Waals surface area contributed by atoms with Crippen LogP contribution < -0.4 is 0 Å². The van der Waals surface area contributed by atoms with E-state index in [2.05, 4.69) is 25.8 Å². The molecule has 1 aromatic heterocycles. The molecule has 0 aromatic carbocycles. The summed E-state index contributed by atoms with van der Waals surface area (Å²) < 4.78 is 5.58. The Morgan fingerprint density at radius 2 is 1.91 bits per heavy atom. The van der Waals surface area contributed by atoms with E-state index in [9.17, 15) is 4.79 Å². The summed E-state index contributed by atoms with van der Waals surface area (Å²) in [5.41, 5.74) is 1.66. The molecule has 0 unspecified atom stereocenters. The second-order valence-corrected chi connectivity index (χ2v) is 7.19. The Morgan fingerprint density at radius 1 is 1.27 bits per heavy atom. The summed E-state index contributed by atoms with van der Waals surface area (Å²) in [6.45, 7) is 8.54. The first-order valence-corrected chi connectivity index (χ1v) is 7.90. The smallest absolute Gasteiger partial charge is 0.357 e. The van der Waals surface area contributed by atoms with Gasteiger partial charge in [0.2, 0.25) is 0 Å². The molecule has 22 heavy (non-hydrogen) atoms. The third-order valence-corrected chi connectivity index (χ3v) is 4.59. The first kappa shape index (κ1) is 16.5. The third-order valence-electron chi connectivity index (χ3n) is 4.59. The van der Waals surface area contributed by atoms with Gasteiger partial charge in [0.25, 0.3) is 0 Å². The van der Waals surface area contributed by atoms with Crippen molar-refractivity contribution in [3.63, 3.8) is 0 Å². The zero-order valence-corrected chi connectivity index (χ0v) is 13.8. The lowest BCUT2D eigenvalue weighted by atomic mass is 9.72. The van der Waals surface area contributed by atoms with Crippen molar-refractivity contribution in [2.45, 2.75) is 59.5 Å². The minimum atomic E-state index is -0.383. The van der Waals surface area contributed by atoms with Gasteiger partial charge in [-0.2, -0.15) is 5.26 Å². The maximum Gasteiger partial charge on any atom is 0.357 e. The zero-order chi connectivity index (χ0) is 16.3. The number of carbonyl (C=O) groups excluding carboxylic acids is 1. The third kappa shape index (κ3) is 3.85. The van der Waals surface area contributed by atoms with Gasteiger partial charge in [-0.15, -0.1) is 0 Å². The average molecular weight is 300 g/mol. The second kappa shape index (κ2) is 6.48. The van der Waals surface area contributed by atoms with Crippen molar-refractivity contribution >= 4 is 5.97 Å². The predicted octanol–water partition coefficient (Wildman–Crippen LogP) is 4.02. The molecule has 0 amide bonds. The monoisotopic (exact) mass is 300 g/mol. The number of esters is 1. The van der Waals surface area contributed by atoms with Gasteiger partial charge in [-0.25, -0.2) is 9.78 Å². The van der Waals surface area contributed by atoms with E-state index < -0.39 is 0 Å². The summed E-state index contributed by atoms with van der Waals surface area (Å²) in [5.74, 6) is 0.310. The number of nitriles is 1. The molecule has 0 atom stereocenters. The highest BCUT2D eigenvalue weighted by atomic mass is 16.5. The van der Waals surface area contributed by atoms with E-state index in [0.29, 0.717) is 22.6 Å². The van der Waals surface area contributed by atoms with E-state index in [1.54, 1.807) is 19.1 Å². The summed E-state index contributed by atoms with van der Waals surface area (Å²) in [5, 5.41) is 8.89. The van der Waals surface area contributed by atoms with Crippen LogP contribution in [0.5, 0.6) is 0 Å². The lowest BCUT2D eigenvalue weighted by Gasteiger charge is -2.36. The van der Waals surface area contributed by atoms with Gasteiger partial charge in [-0.3, -0.25) is 0 Å². The van der Waals surface area contributed by atoms with Gasteiger partial charge in [-0.1, -0.05) is 20.8 Å². The Morgan fingerprint density at radius 3 is 2.41 bits per heavy atom. The van der Waals surface area contributed by atoms with Crippen molar-refractivity contribution in [3.05, 3.63) is 29.1 Å². The molecule has 1 aliphatic carbocycles. The van der Waals surface area contributed by atoms with E-state index in [1.165, 1.54) is 0 Å². The van der Waals surface area contributed by atoms with Crippen LogP contribution in [0.15, 0.2) is 12.1 Å². The lowest BCUT2D eigenvalue weighted by Crippen LogP contribution is -2.30. The van der Waals surface area contributed by atoms with E-state index in [4.69, 9.17) is 10.00 Å². The molecule has 1 saturated carbocycles. The first-order valence-electron chi connectivity index (χ1n) is 7.90. The van der Waals surface area contributed by atoms with Gasteiger partial charge in [0.1, 0.15) is 17.9 Å². The van der Waals surface area contributed by atoms with Gasteiger partial charge in [0.15, 0.2) is 0 Å². The van der Waals surface area contributed by atoms with Crippen LogP contribution in [0.4, 0.5) is 0 Å². The topological polar surface area (TPSA) is 63.0 Å². The summed E-state index contributed by atoms with van der Waals surface area (Å²) in [7, 11) is 0. The van der Waals surface area contributed by atoms with Gasteiger partial charge in [0.05, 0.1) is 11.3 Å². The van der Waals surface area contributed by atoms with E-state index in [1.807, 2.05) is 6.07 Å². The summed E-state index contributed by atoms with van der Waals surface area (Å²) >= 11 is 0. The molecular weight excluding hydrogens is 276 g/mol. The molecule has 2 rings (SSSR count). The Kier molecular flexibility index (Phi) is 4.85. The lowest BCUT2D eigenvalue weighted by molar-refractivity contribution is 0.00868. The van der Waals surface area contributed by atoms with Gasteiger partial charge < -0.3 is 4.74 Å². The van der Waals surface area contributed by atoms with Gasteiger partial charge in [-0.05, 0) is 56.1 Å². The average Bonchev–Trinajstić information content (AvgIpc) is 2.46. The first-order chi connectivity index (χ1) is 10.3. The van der Waals surface area contributed by atoms with Crippen LogP contribution in [-0.2, 0) is 4.74 Å². The highest BCUT2D eigenvalue weighted by molar-refractivity contribution is 5.87. The van der Waals surface area contributed by atoms with Crippen LogP contribution in [0, 0.1) is 29.6 Å². The molecule has 1 aromatic rings. The van der Waals surface area contributed by atoms with Crippen molar-refractivity contribution in [1.82, 2.24) is 4.98 Å². The molecule has 4 heteroatoms. The van der Waals surface area contributed by atoms with Gasteiger partial charge in [0, 0.05) is 0 Å². The fourth-order valence-electron chi connectivity index (χ4n) is 3.05. The molecule has 4 nitrogen and oxygen atoms in total.